The van der Waals surface area contributed by atoms with E-state index < -0.39 is 45.7 Å². The van der Waals surface area contributed by atoms with Gasteiger partial charge in [0.2, 0.25) is 5.28 Å². The van der Waals surface area contributed by atoms with Gasteiger partial charge >= 0.3 is 13.1 Å². The van der Waals surface area contributed by atoms with E-state index >= 15 is 0 Å². The maximum atomic E-state index is 13.3. The number of fused-ring (bicyclic) bond motifs is 1. The third kappa shape index (κ3) is 7.53. The zero-order valence-electron chi connectivity index (χ0n) is 25.4. The number of rotatable bonds is 6. The number of aromatic nitrogens is 4. The molecule has 1 aliphatic heterocycles. The Balaban J connectivity index is 0.000000294. The summed E-state index contributed by atoms with van der Waals surface area (Å²) in [7, 11) is -4.60. The van der Waals surface area contributed by atoms with E-state index in [-0.39, 0.29) is 34.1 Å². The molecule has 1 fully saturated rings. The molecule has 0 aliphatic carbocycles. The molecule has 0 bridgehead atoms. The summed E-state index contributed by atoms with van der Waals surface area (Å²) in [5.74, 6) is -2.12. The normalized spacial score (nSPS) is 15.6. The van der Waals surface area contributed by atoms with Crippen LogP contribution >= 0.6 is 35.6 Å². The predicted molar refractivity (Wildman–Crippen MR) is 174 cm³/mol. The van der Waals surface area contributed by atoms with Gasteiger partial charge in [-0.3, -0.25) is 0 Å². The first-order chi connectivity index (χ1) is 20.2. The number of benzene rings is 1. The number of nitrogens with zero attached hydrogens (tertiary/aromatic N) is 4. The number of carboxylic acids is 1. The van der Waals surface area contributed by atoms with Crippen molar-refractivity contribution >= 4 is 81.0 Å². The van der Waals surface area contributed by atoms with Crippen molar-refractivity contribution in [2.75, 3.05) is 5.32 Å². The number of pyridine rings is 1. The Morgan fingerprint density at radius 2 is 1.64 bits per heavy atom. The average Bonchev–Trinajstić information content (AvgIpc) is 3.39. The number of nitrogens with one attached hydrogen (secondary N) is 1. The van der Waals surface area contributed by atoms with Crippen molar-refractivity contribution in [2.24, 2.45) is 0 Å². The number of aliphatic carboxylic acids is 1. The van der Waals surface area contributed by atoms with E-state index in [4.69, 9.17) is 37.6 Å². The lowest BCUT2D eigenvalue weighted by atomic mass is 9.79. The number of hydrogen-bond acceptors (Lipinski definition) is 9. The molecular formula is C28H32BCl3FN5O6S. The fourth-order valence-corrected chi connectivity index (χ4v) is 5.65. The van der Waals surface area contributed by atoms with Gasteiger partial charge < -0.3 is 19.7 Å². The van der Waals surface area contributed by atoms with E-state index in [0.29, 0.717) is 15.9 Å². The van der Waals surface area contributed by atoms with E-state index in [2.05, 4.69) is 20.3 Å². The maximum Gasteiger partial charge on any atom is 0.497 e. The molecule has 2 N–H and O–H groups in total. The first kappa shape index (κ1) is 36.5. The molecule has 5 rings (SSSR count). The summed E-state index contributed by atoms with van der Waals surface area (Å²) in [6.07, 6.45) is 3.82. The fraction of sp³-hybridized carbons (Fsp3) is 0.357. The molecule has 0 radical (unpaired) electrons. The Labute approximate surface area is 277 Å². The van der Waals surface area contributed by atoms with Gasteiger partial charge in [-0.25, -0.2) is 31.5 Å². The summed E-state index contributed by atoms with van der Waals surface area (Å²) < 4.78 is 53.3. The smallest absolute Gasteiger partial charge is 0.480 e. The largest absolute Gasteiger partial charge is 0.497 e. The molecule has 242 valence electrons. The Kier molecular flexibility index (Phi) is 10.5. The first-order valence-electron chi connectivity index (χ1n) is 13.3. The van der Waals surface area contributed by atoms with Gasteiger partial charge in [0.1, 0.15) is 5.54 Å². The number of anilines is 1. The van der Waals surface area contributed by atoms with Crippen LogP contribution in [-0.4, -0.2) is 62.3 Å². The highest BCUT2D eigenvalue weighted by Crippen LogP contribution is 2.37. The molecule has 0 atom stereocenters. The molecule has 1 saturated heterocycles. The van der Waals surface area contributed by atoms with Gasteiger partial charge in [0.25, 0.3) is 10.0 Å². The van der Waals surface area contributed by atoms with Crippen molar-refractivity contribution in [1.29, 1.82) is 0 Å². The molecule has 0 unspecified atom stereocenters. The molecule has 17 heteroatoms. The molecule has 1 aromatic carbocycles. The Morgan fingerprint density at radius 1 is 1.07 bits per heavy atom. The minimum atomic E-state index is -3.86. The van der Waals surface area contributed by atoms with Crippen LogP contribution in [-0.2, 0) is 24.1 Å². The summed E-state index contributed by atoms with van der Waals surface area (Å²) in [6, 6.07) is 8.38. The van der Waals surface area contributed by atoms with Crippen molar-refractivity contribution in [2.45, 2.75) is 70.1 Å². The number of carboxylic acid groups (broad SMARTS) is 1. The topological polar surface area (TPSA) is 146 Å². The van der Waals surface area contributed by atoms with Crippen LogP contribution < -0.4 is 10.8 Å². The van der Waals surface area contributed by atoms with Crippen LogP contribution in [0.25, 0.3) is 11.0 Å². The van der Waals surface area contributed by atoms with E-state index in [1.165, 1.54) is 30.2 Å². The zero-order chi connectivity index (χ0) is 32.8. The highest BCUT2D eigenvalue weighted by molar-refractivity contribution is 7.90. The van der Waals surface area contributed by atoms with Crippen LogP contribution in [0.3, 0.4) is 0 Å². The van der Waals surface area contributed by atoms with Crippen LogP contribution in [0, 0.1) is 12.7 Å². The van der Waals surface area contributed by atoms with Crippen molar-refractivity contribution in [3.63, 3.8) is 0 Å². The number of aryl methyl sites for hydroxylation is 1. The predicted octanol–water partition coefficient (Wildman–Crippen LogP) is 5.50. The highest BCUT2D eigenvalue weighted by atomic mass is 35.5. The fourth-order valence-electron chi connectivity index (χ4n) is 4.02. The lowest BCUT2D eigenvalue weighted by Gasteiger charge is -2.32. The van der Waals surface area contributed by atoms with Crippen LogP contribution in [0.5, 0.6) is 0 Å². The molecule has 11 nitrogen and oxygen atoms in total. The van der Waals surface area contributed by atoms with Gasteiger partial charge in [-0.15, -0.1) is 12.4 Å². The minimum absolute atomic E-state index is 0. The van der Waals surface area contributed by atoms with Gasteiger partial charge in [-0.1, -0.05) is 29.3 Å². The van der Waals surface area contributed by atoms with E-state index in [1.807, 2.05) is 34.6 Å². The van der Waals surface area contributed by atoms with Crippen LogP contribution in [0.1, 0.15) is 47.1 Å². The summed E-state index contributed by atoms with van der Waals surface area (Å²) in [5.41, 5.74) is -0.631. The van der Waals surface area contributed by atoms with Gasteiger partial charge in [-0.2, -0.15) is 4.98 Å². The lowest BCUT2D eigenvalue weighted by molar-refractivity contribution is -0.141. The van der Waals surface area contributed by atoms with Crippen LogP contribution in [0.4, 0.5) is 10.2 Å². The number of hydrogen-bond donors (Lipinski definition) is 2. The molecule has 0 spiro atoms. The second kappa shape index (κ2) is 13.0. The molecule has 3 aromatic heterocycles. The SMILES string of the molecule is CC(C)(Nc1nc(Cl)ncc1F)C(=O)O.Cc1ccc(S(=O)(=O)n2cc(B3OC(C)(C)C(C)(C)O3)c3cc(Cl)cnc32)cc1.Cl. The average molecular weight is 703 g/mol. The van der Waals surface area contributed by atoms with Crippen molar-refractivity contribution < 1.29 is 32.0 Å². The minimum Gasteiger partial charge on any atom is -0.480 e. The van der Waals surface area contributed by atoms with E-state index in [0.717, 1.165) is 11.8 Å². The van der Waals surface area contributed by atoms with Crippen molar-refractivity contribution in [3.05, 3.63) is 70.6 Å². The first-order valence-corrected chi connectivity index (χ1v) is 15.5. The molecule has 0 saturated carbocycles. The van der Waals surface area contributed by atoms with Gasteiger partial charge in [0, 0.05) is 23.2 Å². The Morgan fingerprint density at radius 3 is 2.20 bits per heavy atom. The second-order valence-corrected chi connectivity index (χ2v) is 14.3. The zero-order valence-corrected chi connectivity index (χ0v) is 28.6. The molecular weight excluding hydrogens is 671 g/mol. The standard InChI is InChI=1S/C20H22BClN2O4S.C8H9ClFN3O2.ClH/c1-13-6-8-15(9-7-13)29(25,26)24-12-17(16-10-14(22)11-23-18(16)24)21-27-19(2,3)20(4,5)28-21;1-8(2,6(14)15)13-5-4(10)3-11-7(9)12-5;/h6-12H,1-5H3;3H,1-2H3,(H,14,15)(H,11,12,13);1H. The summed E-state index contributed by atoms with van der Waals surface area (Å²) in [4.78, 5) is 22.2. The monoisotopic (exact) mass is 701 g/mol. The molecule has 4 heterocycles. The molecule has 45 heavy (non-hydrogen) atoms. The summed E-state index contributed by atoms with van der Waals surface area (Å²) in [6.45, 7) is 12.4. The number of halogens is 4. The Bertz CT molecular complexity index is 1820. The molecule has 4 aromatic rings. The second-order valence-electron chi connectivity index (χ2n) is 11.7. The molecule has 0 amide bonds. The highest BCUT2D eigenvalue weighted by Gasteiger charge is 2.52. The van der Waals surface area contributed by atoms with Gasteiger partial charge in [0.15, 0.2) is 17.3 Å². The third-order valence-electron chi connectivity index (χ3n) is 7.37. The summed E-state index contributed by atoms with van der Waals surface area (Å²) >= 11 is 11.6. The third-order valence-corrected chi connectivity index (χ3v) is 9.43. The molecule has 1 aliphatic rings. The van der Waals surface area contributed by atoms with Gasteiger partial charge in [-0.05, 0) is 78.3 Å². The van der Waals surface area contributed by atoms with Crippen LogP contribution in [0.15, 0.2) is 53.8 Å². The van der Waals surface area contributed by atoms with Crippen LogP contribution in [0.2, 0.25) is 10.3 Å². The maximum absolute atomic E-state index is 13.3. The Hall–Kier alpha value is -3.01. The van der Waals surface area contributed by atoms with Crippen molar-refractivity contribution in [1.82, 2.24) is 18.9 Å². The van der Waals surface area contributed by atoms with E-state index in [1.54, 1.807) is 30.3 Å². The summed E-state index contributed by atoms with van der Waals surface area (Å²) in [5, 5.41) is 12.0. The number of carbonyl (C=O) groups is 1. The quantitative estimate of drug-likeness (QED) is 0.195. The lowest BCUT2D eigenvalue weighted by Crippen LogP contribution is -2.41. The van der Waals surface area contributed by atoms with Gasteiger partial charge in [0.05, 0.1) is 27.3 Å². The van der Waals surface area contributed by atoms with E-state index in [9.17, 15) is 17.6 Å². The van der Waals surface area contributed by atoms with Crippen molar-refractivity contribution in [3.8, 4) is 0 Å².